The van der Waals surface area contributed by atoms with Crippen LogP contribution < -0.4 is 5.32 Å². The van der Waals surface area contributed by atoms with Gasteiger partial charge < -0.3 is 19.8 Å². The Hall–Kier alpha value is -3.38. The quantitative estimate of drug-likeness (QED) is 0.405. The van der Waals surface area contributed by atoms with Gasteiger partial charge in [0.2, 0.25) is 0 Å². The highest BCUT2D eigenvalue weighted by Crippen LogP contribution is 2.24. The number of rotatable bonds is 9. The van der Waals surface area contributed by atoms with Crippen LogP contribution in [0.4, 0.5) is 0 Å². The van der Waals surface area contributed by atoms with E-state index in [4.69, 9.17) is 9.47 Å². The van der Waals surface area contributed by atoms with Crippen LogP contribution in [0.2, 0.25) is 0 Å². The van der Waals surface area contributed by atoms with Crippen LogP contribution >= 0.6 is 0 Å². The van der Waals surface area contributed by atoms with Crippen molar-refractivity contribution in [3.8, 4) is 0 Å². The second-order valence-electron chi connectivity index (χ2n) is 7.34. The van der Waals surface area contributed by atoms with Crippen LogP contribution in [0.3, 0.4) is 0 Å². The number of H-pyrrole nitrogens is 1. The molecule has 0 saturated carbocycles. The number of hydrogen-bond donors (Lipinski definition) is 2. The molecular weight excluding hydrogens is 392 g/mol. The van der Waals surface area contributed by atoms with Gasteiger partial charge in [0, 0.05) is 25.3 Å². The highest BCUT2D eigenvalue weighted by Gasteiger charge is 2.24. The fourth-order valence-corrected chi connectivity index (χ4v) is 3.66. The minimum atomic E-state index is -0.464. The summed E-state index contributed by atoms with van der Waals surface area (Å²) in [5.74, 6) is -0.705. The monoisotopic (exact) mass is 420 g/mol. The summed E-state index contributed by atoms with van der Waals surface area (Å²) in [5, 5.41) is 3.03. The van der Waals surface area contributed by atoms with Crippen LogP contribution in [0.15, 0.2) is 60.7 Å². The Bertz CT molecular complexity index is 973. The molecule has 1 amide bonds. The molecule has 6 nitrogen and oxygen atoms in total. The maximum absolute atomic E-state index is 13.0. The highest BCUT2D eigenvalue weighted by molar-refractivity contribution is 6.00. The first-order valence-corrected chi connectivity index (χ1v) is 10.3. The first-order valence-electron chi connectivity index (χ1n) is 10.3. The van der Waals surface area contributed by atoms with E-state index in [2.05, 4.69) is 34.6 Å². The molecule has 0 spiro atoms. The van der Waals surface area contributed by atoms with E-state index in [9.17, 15) is 9.59 Å². The predicted molar refractivity (Wildman–Crippen MR) is 119 cm³/mol. The van der Waals surface area contributed by atoms with Crippen LogP contribution in [0.5, 0.6) is 0 Å². The zero-order chi connectivity index (χ0) is 22.2. The Morgan fingerprint density at radius 2 is 1.52 bits per heavy atom. The molecule has 1 heterocycles. The predicted octanol–water partition coefficient (Wildman–Crippen LogP) is 4.00. The number of carbonyl (C=O) groups excluding carboxylic acids is 2. The van der Waals surface area contributed by atoms with Crippen molar-refractivity contribution in [1.82, 2.24) is 10.3 Å². The number of benzene rings is 2. The zero-order valence-electron chi connectivity index (χ0n) is 18.1. The van der Waals surface area contributed by atoms with Crippen molar-refractivity contribution in [3.63, 3.8) is 0 Å². The van der Waals surface area contributed by atoms with Crippen LogP contribution in [0, 0.1) is 13.8 Å². The molecule has 0 aliphatic heterocycles. The summed E-state index contributed by atoms with van der Waals surface area (Å²) in [6.07, 6.45) is 0. The summed E-state index contributed by atoms with van der Waals surface area (Å²) >= 11 is 0. The first-order chi connectivity index (χ1) is 15.0. The molecular formula is C25H28N2O4. The Labute approximate surface area is 182 Å². The number of carbonyl (C=O) groups is 2. The van der Waals surface area contributed by atoms with Crippen molar-refractivity contribution >= 4 is 11.9 Å². The Morgan fingerprint density at radius 1 is 0.935 bits per heavy atom. The van der Waals surface area contributed by atoms with Gasteiger partial charge in [0.05, 0.1) is 12.2 Å². The van der Waals surface area contributed by atoms with E-state index in [0.29, 0.717) is 35.7 Å². The van der Waals surface area contributed by atoms with Gasteiger partial charge in [-0.05, 0) is 30.5 Å². The molecule has 3 rings (SSSR count). The molecule has 0 fully saturated rings. The van der Waals surface area contributed by atoms with Gasteiger partial charge in [-0.15, -0.1) is 0 Å². The Kier molecular flexibility index (Phi) is 7.62. The van der Waals surface area contributed by atoms with E-state index >= 15 is 0 Å². The third-order valence-corrected chi connectivity index (χ3v) is 5.26. The normalized spacial score (nSPS) is 10.8. The van der Waals surface area contributed by atoms with Crippen molar-refractivity contribution in [2.24, 2.45) is 0 Å². The Morgan fingerprint density at radius 3 is 2.06 bits per heavy atom. The highest BCUT2D eigenvalue weighted by atomic mass is 16.6. The van der Waals surface area contributed by atoms with Crippen molar-refractivity contribution in [1.29, 1.82) is 0 Å². The molecule has 0 atom stereocenters. The zero-order valence-corrected chi connectivity index (χ0v) is 18.1. The van der Waals surface area contributed by atoms with Crippen LogP contribution in [-0.2, 0) is 9.47 Å². The van der Waals surface area contributed by atoms with Gasteiger partial charge in [-0.2, -0.15) is 0 Å². The topological polar surface area (TPSA) is 80.4 Å². The van der Waals surface area contributed by atoms with Gasteiger partial charge in [-0.1, -0.05) is 60.7 Å². The second-order valence-corrected chi connectivity index (χ2v) is 7.34. The SMILES string of the molecule is COCCOC(=O)c1c(C)[nH]c(C(=O)NCC(c2ccccc2)c2ccccc2)c1C. The smallest absolute Gasteiger partial charge is 0.340 e. The van der Waals surface area contributed by atoms with Crippen molar-refractivity contribution in [2.75, 3.05) is 26.9 Å². The average molecular weight is 421 g/mol. The van der Waals surface area contributed by atoms with Gasteiger partial charge in [-0.3, -0.25) is 4.79 Å². The third kappa shape index (κ3) is 5.41. The molecule has 2 aromatic carbocycles. The largest absolute Gasteiger partial charge is 0.460 e. The van der Waals surface area contributed by atoms with Gasteiger partial charge in [-0.25, -0.2) is 4.79 Å². The molecule has 3 aromatic rings. The summed E-state index contributed by atoms with van der Waals surface area (Å²) in [6, 6.07) is 20.2. The number of aromatic nitrogens is 1. The van der Waals surface area contributed by atoms with Crippen molar-refractivity contribution in [3.05, 3.63) is 94.3 Å². The van der Waals surface area contributed by atoms with E-state index in [-0.39, 0.29) is 18.4 Å². The molecule has 31 heavy (non-hydrogen) atoms. The lowest BCUT2D eigenvalue weighted by molar-refractivity contribution is 0.0387. The lowest BCUT2D eigenvalue weighted by Gasteiger charge is -2.19. The lowest BCUT2D eigenvalue weighted by Crippen LogP contribution is -2.29. The number of aromatic amines is 1. The van der Waals surface area contributed by atoms with E-state index in [1.165, 1.54) is 0 Å². The summed E-state index contributed by atoms with van der Waals surface area (Å²) in [7, 11) is 1.54. The lowest BCUT2D eigenvalue weighted by atomic mass is 9.91. The van der Waals surface area contributed by atoms with Gasteiger partial charge in [0.15, 0.2) is 0 Å². The van der Waals surface area contributed by atoms with Gasteiger partial charge >= 0.3 is 5.97 Å². The average Bonchev–Trinajstić information content (AvgIpc) is 3.09. The van der Waals surface area contributed by atoms with E-state index in [1.807, 2.05) is 36.4 Å². The molecule has 1 aromatic heterocycles. The summed E-state index contributed by atoms with van der Waals surface area (Å²) in [6.45, 7) is 4.42. The van der Waals surface area contributed by atoms with E-state index in [1.54, 1.807) is 21.0 Å². The molecule has 0 bridgehead atoms. The first kappa shape index (κ1) is 22.3. The van der Waals surface area contributed by atoms with Gasteiger partial charge in [0.25, 0.3) is 5.91 Å². The molecule has 0 radical (unpaired) electrons. The standard InChI is InChI=1S/C25H28N2O4/c1-17-22(25(29)31-15-14-30-3)18(2)27-23(17)24(28)26-16-21(19-10-6-4-7-11-19)20-12-8-5-9-13-20/h4-13,21,27H,14-16H2,1-3H3,(H,26,28). The minimum absolute atomic E-state index is 0.0150. The molecule has 162 valence electrons. The number of amides is 1. The van der Waals surface area contributed by atoms with Crippen LogP contribution in [0.1, 0.15) is 49.1 Å². The fourth-order valence-electron chi connectivity index (χ4n) is 3.66. The fraction of sp³-hybridized carbons (Fsp3) is 0.280. The van der Waals surface area contributed by atoms with Crippen molar-refractivity contribution < 1.29 is 19.1 Å². The van der Waals surface area contributed by atoms with E-state index in [0.717, 1.165) is 11.1 Å². The number of aryl methyl sites for hydroxylation is 1. The number of methoxy groups -OCH3 is 1. The molecule has 0 saturated heterocycles. The number of esters is 1. The van der Waals surface area contributed by atoms with E-state index < -0.39 is 5.97 Å². The summed E-state index contributed by atoms with van der Waals surface area (Å²) in [4.78, 5) is 28.4. The second kappa shape index (κ2) is 10.6. The number of nitrogens with one attached hydrogen (secondary N) is 2. The summed E-state index contributed by atoms with van der Waals surface area (Å²) in [5.41, 5.74) is 4.19. The molecule has 0 unspecified atom stereocenters. The third-order valence-electron chi connectivity index (χ3n) is 5.26. The number of ether oxygens (including phenoxy) is 2. The van der Waals surface area contributed by atoms with Crippen LogP contribution in [0.25, 0.3) is 0 Å². The van der Waals surface area contributed by atoms with Crippen LogP contribution in [-0.4, -0.2) is 43.7 Å². The van der Waals surface area contributed by atoms with Gasteiger partial charge in [0.1, 0.15) is 12.3 Å². The molecule has 0 aliphatic carbocycles. The molecule has 2 N–H and O–H groups in total. The molecule has 0 aliphatic rings. The minimum Gasteiger partial charge on any atom is -0.460 e. The summed E-state index contributed by atoms with van der Waals surface area (Å²) < 4.78 is 10.1. The Balaban J connectivity index is 1.76. The maximum Gasteiger partial charge on any atom is 0.340 e. The van der Waals surface area contributed by atoms with Crippen molar-refractivity contribution in [2.45, 2.75) is 19.8 Å². The number of hydrogen-bond acceptors (Lipinski definition) is 4. The molecule has 6 heteroatoms. The maximum atomic E-state index is 13.0.